The highest BCUT2D eigenvalue weighted by molar-refractivity contribution is 5.87. The molecule has 2 rings (SSSR count). The molecule has 0 unspecified atom stereocenters. The minimum absolute atomic E-state index is 0.0119. The average molecular weight is 263 g/mol. The van der Waals surface area contributed by atoms with Gasteiger partial charge in [-0.1, -0.05) is 12.1 Å². The van der Waals surface area contributed by atoms with Gasteiger partial charge in [-0.3, -0.25) is 4.79 Å². The quantitative estimate of drug-likeness (QED) is 0.842. The summed E-state index contributed by atoms with van der Waals surface area (Å²) in [4.78, 5) is 22.4. The molecule has 102 valence electrons. The van der Waals surface area contributed by atoms with E-state index in [4.69, 9.17) is 9.84 Å². The van der Waals surface area contributed by atoms with E-state index in [1.807, 2.05) is 0 Å². The van der Waals surface area contributed by atoms with E-state index in [0.29, 0.717) is 25.5 Å². The number of rotatable bonds is 5. The number of aromatic carboxylic acids is 1. The first kappa shape index (κ1) is 13.5. The van der Waals surface area contributed by atoms with Crippen LogP contribution in [0.1, 0.15) is 28.8 Å². The van der Waals surface area contributed by atoms with Crippen molar-refractivity contribution in [3.8, 4) is 0 Å². The highest BCUT2D eigenvalue weighted by Crippen LogP contribution is 2.15. The summed E-state index contributed by atoms with van der Waals surface area (Å²) in [5, 5.41) is 11.6. The van der Waals surface area contributed by atoms with Gasteiger partial charge in [0, 0.05) is 26.2 Å². The Bertz CT molecular complexity index is 449. The first-order chi connectivity index (χ1) is 9.15. The van der Waals surface area contributed by atoms with Crippen LogP contribution in [0.3, 0.4) is 0 Å². The smallest absolute Gasteiger partial charge is 0.335 e. The van der Waals surface area contributed by atoms with Crippen LogP contribution in [0.4, 0.5) is 0 Å². The molecule has 1 aliphatic rings. The first-order valence-corrected chi connectivity index (χ1v) is 6.32. The zero-order valence-electron chi connectivity index (χ0n) is 10.6. The fraction of sp³-hybridized carbons (Fsp3) is 0.429. The van der Waals surface area contributed by atoms with E-state index in [9.17, 15) is 9.59 Å². The molecule has 5 heteroatoms. The molecule has 0 radical (unpaired) electrons. The van der Waals surface area contributed by atoms with Crippen molar-refractivity contribution in [1.82, 2.24) is 5.32 Å². The number of nitrogens with one attached hydrogen (secondary N) is 1. The number of ether oxygens (including phenoxy) is 1. The predicted octanol–water partition coefficient (Wildman–Crippen LogP) is 1.43. The molecule has 1 atom stereocenters. The molecule has 0 aliphatic carbocycles. The molecule has 5 nitrogen and oxygen atoms in total. The van der Waals surface area contributed by atoms with Crippen LogP contribution in [-0.4, -0.2) is 30.2 Å². The van der Waals surface area contributed by atoms with Crippen LogP contribution >= 0.6 is 0 Å². The van der Waals surface area contributed by atoms with Gasteiger partial charge in [0.15, 0.2) is 0 Å². The van der Waals surface area contributed by atoms with Gasteiger partial charge in [0.25, 0.3) is 0 Å². The third kappa shape index (κ3) is 4.06. The van der Waals surface area contributed by atoms with Crippen LogP contribution in [-0.2, 0) is 16.1 Å². The van der Waals surface area contributed by atoms with Crippen LogP contribution in [0.25, 0.3) is 0 Å². The van der Waals surface area contributed by atoms with Gasteiger partial charge in [0.2, 0.25) is 5.91 Å². The highest BCUT2D eigenvalue weighted by atomic mass is 16.5. The summed E-state index contributed by atoms with van der Waals surface area (Å²) in [7, 11) is 0. The molecule has 1 saturated heterocycles. The summed E-state index contributed by atoms with van der Waals surface area (Å²) in [6, 6.07) is 6.49. The largest absolute Gasteiger partial charge is 0.478 e. The number of carboxylic acids is 1. The van der Waals surface area contributed by atoms with Crippen molar-refractivity contribution in [2.45, 2.75) is 19.4 Å². The van der Waals surface area contributed by atoms with Gasteiger partial charge < -0.3 is 15.2 Å². The lowest BCUT2D eigenvalue weighted by Crippen LogP contribution is -2.25. The van der Waals surface area contributed by atoms with Gasteiger partial charge in [-0.15, -0.1) is 0 Å². The summed E-state index contributed by atoms with van der Waals surface area (Å²) < 4.78 is 5.22. The molecular formula is C14H17NO4. The predicted molar refractivity (Wildman–Crippen MR) is 68.8 cm³/mol. The summed E-state index contributed by atoms with van der Waals surface area (Å²) in [6.07, 6.45) is 1.44. The lowest BCUT2D eigenvalue weighted by atomic mass is 10.0. The van der Waals surface area contributed by atoms with Crippen LogP contribution in [0, 0.1) is 5.92 Å². The Hall–Kier alpha value is -1.88. The molecular weight excluding hydrogens is 246 g/mol. The Morgan fingerprint density at radius 3 is 2.63 bits per heavy atom. The van der Waals surface area contributed by atoms with Gasteiger partial charge in [-0.2, -0.15) is 0 Å². The van der Waals surface area contributed by atoms with Crippen molar-refractivity contribution in [1.29, 1.82) is 0 Å². The summed E-state index contributed by atoms with van der Waals surface area (Å²) >= 11 is 0. The monoisotopic (exact) mass is 263 g/mol. The Kier molecular flexibility index (Phi) is 4.52. The standard InChI is InChI=1S/C14H17NO4/c16-13(7-11-5-6-19-9-11)15-8-10-1-3-12(4-2-10)14(17)18/h1-4,11H,5-9H2,(H,15,16)(H,17,18)/t11-/m0/s1. The minimum atomic E-state index is -0.947. The van der Waals surface area contributed by atoms with Crippen molar-refractivity contribution >= 4 is 11.9 Å². The number of amides is 1. The lowest BCUT2D eigenvalue weighted by molar-refractivity contribution is -0.122. The molecule has 19 heavy (non-hydrogen) atoms. The van der Waals surface area contributed by atoms with E-state index < -0.39 is 5.97 Å². The van der Waals surface area contributed by atoms with Crippen molar-refractivity contribution in [2.24, 2.45) is 5.92 Å². The van der Waals surface area contributed by atoms with E-state index >= 15 is 0 Å². The van der Waals surface area contributed by atoms with Crippen LogP contribution in [0.2, 0.25) is 0 Å². The molecule has 0 bridgehead atoms. The Balaban J connectivity index is 1.77. The SMILES string of the molecule is O=C(C[C@@H]1CCOC1)NCc1ccc(C(=O)O)cc1. The minimum Gasteiger partial charge on any atom is -0.478 e. The maximum Gasteiger partial charge on any atom is 0.335 e. The topological polar surface area (TPSA) is 75.6 Å². The van der Waals surface area contributed by atoms with Crippen LogP contribution in [0.5, 0.6) is 0 Å². The van der Waals surface area contributed by atoms with Crippen molar-refractivity contribution in [2.75, 3.05) is 13.2 Å². The number of carbonyl (C=O) groups is 2. The van der Waals surface area contributed by atoms with Gasteiger partial charge >= 0.3 is 5.97 Å². The normalized spacial score (nSPS) is 18.2. The van der Waals surface area contributed by atoms with E-state index in [0.717, 1.165) is 18.6 Å². The molecule has 0 saturated carbocycles. The highest BCUT2D eigenvalue weighted by Gasteiger charge is 2.18. The van der Waals surface area contributed by atoms with Gasteiger partial charge in [-0.05, 0) is 30.0 Å². The van der Waals surface area contributed by atoms with Gasteiger partial charge in [0.1, 0.15) is 0 Å². The lowest BCUT2D eigenvalue weighted by Gasteiger charge is -2.08. The number of carboxylic acid groups (broad SMARTS) is 1. The maximum absolute atomic E-state index is 11.7. The molecule has 1 amide bonds. The van der Waals surface area contributed by atoms with Crippen LogP contribution < -0.4 is 5.32 Å². The van der Waals surface area contributed by atoms with E-state index in [1.165, 1.54) is 12.1 Å². The third-order valence-corrected chi connectivity index (χ3v) is 3.19. The molecule has 0 aromatic heterocycles. The number of hydrogen-bond donors (Lipinski definition) is 2. The molecule has 1 heterocycles. The van der Waals surface area contributed by atoms with Gasteiger partial charge in [-0.25, -0.2) is 4.79 Å². The zero-order chi connectivity index (χ0) is 13.7. The average Bonchev–Trinajstić information content (AvgIpc) is 2.89. The second-order valence-electron chi connectivity index (χ2n) is 4.71. The Labute approximate surface area is 111 Å². The van der Waals surface area contributed by atoms with E-state index in [-0.39, 0.29) is 11.5 Å². The second-order valence-corrected chi connectivity index (χ2v) is 4.71. The van der Waals surface area contributed by atoms with E-state index in [2.05, 4.69) is 5.32 Å². The molecule has 1 aliphatic heterocycles. The zero-order valence-corrected chi connectivity index (χ0v) is 10.6. The number of carbonyl (C=O) groups excluding carboxylic acids is 1. The number of hydrogen-bond acceptors (Lipinski definition) is 3. The first-order valence-electron chi connectivity index (χ1n) is 6.32. The van der Waals surface area contributed by atoms with Crippen molar-refractivity contribution in [3.63, 3.8) is 0 Å². The fourth-order valence-corrected chi connectivity index (χ4v) is 2.04. The summed E-state index contributed by atoms with van der Waals surface area (Å²) in [5.41, 5.74) is 1.14. The number of benzene rings is 1. The summed E-state index contributed by atoms with van der Waals surface area (Å²) in [6.45, 7) is 1.83. The van der Waals surface area contributed by atoms with Crippen LogP contribution in [0.15, 0.2) is 24.3 Å². The third-order valence-electron chi connectivity index (χ3n) is 3.19. The maximum atomic E-state index is 11.7. The summed E-state index contributed by atoms with van der Waals surface area (Å²) in [5.74, 6) is -0.607. The van der Waals surface area contributed by atoms with E-state index in [1.54, 1.807) is 12.1 Å². The fourth-order valence-electron chi connectivity index (χ4n) is 2.04. The molecule has 1 aromatic rings. The van der Waals surface area contributed by atoms with Crippen molar-refractivity contribution in [3.05, 3.63) is 35.4 Å². The molecule has 0 spiro atoms. The molecule has 2 N–H and O–H groups in total. The Morgan fingerprint density at radius 1 is 1.32 bits per heavy atom. The van der Waals surface area contributed by atoms with Crippen molar-refractivity contribution < 1.29 is 19.4 Å². The molecule has 1 aromatic carbocycles. The molecule has 1 fully saturated rings. The second kappa shape index (κ2) is 6.33. The van der Waals surface area contributed by atoms with Gasteiger partial charge in [0.05, 0.1) is 5.56 Å². The Morgan fingerprint density at radius 2 is 2.05 bits per heavy atom.